The number of carboxylic acid groups (broad SMARTS) is 1. The van der Waals surface area contributed by atoms with E-state index in [1.54, 1.807) is 12.1 Å². The fourth-order valence-electron chi connectivity index (χ4n) is 3.74. The molecule has 6 nitrogen and oxygen atoms in total. The molecule has 0 bridgehead atoms. The number of rotatable bonds is 4. The minimum Gasteiger partial charge on any atom is -0.478 e. The van der Waals surface area contributed by atoms with Gasteiger partial charge in [-0.2, -0.15) is 0 Å². The molecular formula is C19H27N3O3. The summed E-state index contributed by atoms with van der Waals surface area (Å²) >= 11 is 0. The minimum absolute atomic E-state index is 0.216. The molecule has 2 aliphatic heterocycles. The Labute approximate surface area is 149 Å². The summed E-state index contributed by atoms with van der Waals surface area (Å²) < 4.78 is 0. The largest absolute Gasteiger partial charge is 0.478 e. The average molecular weight is 345 g/mol. The number of piperazine rings is 1. The van der Waals surface area contributed by atoms with Crippen LogP contribution in [-0.2, 0) is 4.79 Å². The van der Waals surface area contributed by atoms with Crippen molar-refractivity contribution in [1.82, 2.24) is 14.7 Å². The van der Waals surface area contributed by atoms with Crippen molar-refractivity contribution < 1.29 is 14.7 Å². The third-order valence-electron chi connectivity index (χ3n) is 5.33. The molecule has 0 radical (unpaired) electrons. The van der Waals surface area contributed by atoms with E-state index in [1.807, 2.05) is 17.0 Å². The Balaban J connectivity index is 1.58. The molecule has 136 valence electrons. The first-order valence-electron chi connectivity index (χ1n) is 9.05. The third kappa shape index (κ3) is 4.58. The lowest BCUT2D eigenvalue weighted by Gasteiger charge is -2.36. The Bertz CT molecular complexity index is 626. The summed E-state index contributed by atoms with van der Waals surface area (Å²) in [6.45, 7) is 5.74. The van der Waals surface area contributed by atoms with Crippen molar-refractivity contribution in [1.29, 1.82) is 0 Å². The molecule has 1 aromatic carbocycles. The molecule has 2 aliphatic rings. The van der Waals surface area contributed by atoms with Gasteiger partial charge in [0.05, 0.1) is 12.1 Å². The van der Waals surface area contributed by atoms with Gasteiger partial charge in [-0.1, -0.05) is 12.1 Å². The van der Waals surface area contributed by atoms with Crippen LogP contribution in [0.4, 0.5) is 0 Å². The standard InChI is InChI=1S/C19H27N3O3/c1-20-8-10-22(11-9-20)18(23)14-21-7-3-6-17(13-21)15-4-2-5-16(12-15)19(24)25/h2,4-5,12,17H,3,6-11,13-14H2,1H3,(H,24,25)/t17-/m0/s1. The monoisotopic (exact) mass is 345 g/mol. The molecule has 1 atom stereocenters. The van der Waals surface area contributed by atoms with E-state index >= 15 is 0 Å². The van der Waals surface area contributed by atoms with Crippen LogP contribution in [0, 0.1) is 0 Å². The zero-order valence-corrected chi connectivity index (χ0v) is 14.9. The predicted octanol–water partition coefficient (Wildman–Crippen LogP) is 1.34. The highest BCUT2D eigenvalue weighted by Gasteiger charge is 2.26. The lowest BCUT2D eigenvalue weighted by Crippen LogP contribution is -2.51. The van der Waals surface area contributed by atoms with E-state index in [0.29, 0.717) is 18.0 Å². The van der Waals surface area contributed by atoms with E-state index < -0.39 is 5.97 Å². The summed E-state index contributed by atoms with van der Waals surface area (Å²) in [4.78, 5) is 30.2. The summed E-state index contributed by atoms with van der Waals surface area (Å²) in [5.41, 5.74) is 1.40. The molecule has 1 amide bonds. The zero-order chi connectivity index (χ0) is 17.8. The maximum absolute atomic E-state index is 12.5. The Morgan fingerprint density at radius 2 is 1.92 bits per heavy atom. The van der Waals surface area contributed by atoms with Gasteiger partial charge in [-0.05, 0) is 50.0 Å². The number of carboxylic acids is 1. The second kappa shape index (κ2) is 7.97. The smallest absolute Gasteiger partial charge is 0.335 e. The van der Waals surface area contributed by atoms with Crippen molar-refractivity contribution in [2.45, 2.75) is 18.8 Å². The number of hydrogen-bond donors (Lipinski definition) is 1. The molecule has 1 aromatic rings. The normalized spacial score (nSPS) is 22.8. The number of likely N-dealkylation sites (tertiary alicyclic amines) is 1. The summed E-state index contributed by atoms with van der Waals surface area (Å²) in [6.07, 6.45) is 2.08. The Hall–Kier alpha value is -1.92. The summed E-state index contributed by atoms with van der Waals surface area (Å²) in [6, 6.07) is 7.22. The van der Waals surface area contributed by atoms with Gasteiger partial charge in [0.25, 0.3) is 0 Å². The van der Waals surface area contributed by atoms with E-state index in [-0.39, 0.29) is 5.91 Å². The lowest BCUT2D eigenvalue weighted by molar-refractivity contribution is -0.134. The molecule has 0 saturated carbocycles. The van der Waals surface area contributed by atoms with Crippen LogP contribution in [0.25, 0.3) is 0 Å². The number of aromatic carboxylic acids is 1. The molecule has 2 fully saturated rings. The zero-order valence-electron chi connectivity index (χ0n) is 14.9. The number of likely N-dealkylation sites (N-methyl/N-ethyl adjacent to an activating group) is 1. The number of amides is 1. The Morgan fingerprint density at radius 3 is 2.64 bits per heavy atom. The maximum Gasteiger partial charge on any atom is 0.335 e. The van der Waals surface area contributed by atoms with E-state index in [9.17, 15) is 14.7 Å². The molecule has 1 N–H and O–H groups in total. The van der Waals surface area contributed by atoms with Crippen LogP contribution < -0.4 is 0 Å². The average Bonchev–Trinajstić information content (AvgIpc) is 2.62. The second-order valence-electron chi connectivity index (χ2n) is 7.19. The molecular weight excluding hydrogens is 318 g/mol. The van der Waals surface area contributed by atoms with Gasteiger partial charge in [0.15, 0.2) is 0 Å². The molecule has 2 saturated heterocycles. The van der Waals surface area contributed by atoms with Gasteiger partial charge in [-0.25, -0.2) is 4.79 Å². The number of hydrogen-bond acceptors (Lipinski definition) is 4. The fourth-order valence-corrected chi connectivity index (χ4v) is 3.74. The van der Waals surface area contributed by atoms with E-state index in [2.05, 4.69) is 16.8 Å². The van der Waals surface area contributed by atoms with E-state index in [1.165, 1.54) is 0 Å². The number of carbonyl (C=O) groups is 2. The molecule has 3 rings (SSSR count). The van der Waals surface area contributed by atoms with Crippen molar-refractivity contribution in [3.05, 3.63) is 35.4 Å². The third-order valence-corrected chi connectivity index (χ3v) is 5.33. The Morgan fingerprint density at radius 1 is 1.16 bits per heavy atom. The molecule has 0 aliphatic carbocycles. The fraction of sp³-hybridized carbons (Fsp3) is 0.579. The highest BCUT2D eigenvalue weighted by molar-refractivity contribution is 5.87. The van der Waals surface area contributed by atoms with Gasteiger partial charge in [0, 0.05) is 32.7 Å². The lowest BCUT2D eigenvalue weighted by atomic mass is 9.89. The van der Waals surface area contributed by atoms with Crippen molar-refractivity contribution >= 4 is 11.9 Å². The van der Waals surface area contributed by atoms with Gasteiger partial charge < -0.3 is 14.9 Å². The first kappa shape index (κ1) is 17.9. The highest BCUT2D eigenvalue weighted by Crippen LogP contribution is 2.27. The number of benzene rings is 1. The number of nitrogens with zero attached hydrogens (tertiary/aromatic N) is 3. The molecule has 0 spiro atoms. The van der Waals surface area contributed by atoms with Crippen LogP contribution >= 0.6 is 0 Å². The van der Waals surface area contributed by atoms with Crippen LogP contribution in [0.3, 0.4) is 0 Å². The first-order chi connectivity index (χ1) is 12.0. The highest BCUT2D eigenvalue weighted by atomic mass is 16.4. The van der Waals surface area contributed by atoms with Crippen molar-refractivity contribution in [2.24, 2.45) is 0 Å². The van der Waals surface area contributed by atoms with Crippen LogP contribution in [0.2, 0.25) is 0 Å². The van der Waals surface area contributed by atoms with Gasteiger partial charge in [-0.15, -0.1) is 0 Å². The topological polar surface area (TPSA) is 64.1 Å². The summed E-state index contributed by atoms with van der Waals surface area (Å²) in [7, 11) is 2.09. The van der Waals surface area contributed by atoms with Crippen molar-refractivity contribution in [3.63, 3.8) is 0 Å². The van der Waals surface area contributed by atoms with Crippen LogP contribution in [-0.4, -0.2) is 84.5 Å². The first-order valence-corrected chi connectivity index (χ1v) is 9.05. The minimum atomic E-state index is -0.889. The van der Waals surface area contributed by atoms with Crippen LogP contribution in [0.5, 0.6) is 0 Å². The molecule has 2 heterocycles. The van der Waals surface area contributed by atoms with E-state index in [0.717, 1.165) is 57.7 Å². The van der Waals surface area contributed by atoms with Gasteiger partial charge in [0.1, 0.15) is 0 Å². The quantitative estimate of drug-likeness (QED) is 0.892. The van der Waals surface area contributed by atoms with Crippen molar-refractivity contribution in [3.8, 4) is 0 Å². The van der Waals surface area contributed by atoms with Gasteiger partial charge in [0.2, 0.25) is 5.91 Å². The summed E-state index contributed by atoms with van der Waals surface area (Å²) in [5, 5.41) is 9.18. The van der Waals surface area contributed by atoms with Crippen LogP contribution in [0.1, 0.15) is 34.7 Å². The number of piperidine rings is 1. The van der Waals surface area contributed by atoms with Gasteiger partial charge in [-0.3, -0.25) is 9.69 Å². The molecule has 0 aromatic heterocycles. The van der Waals surface area contributed by atoms with Gasteiger partial charge >= 0.3 is 5.97 Å². The predicted molar refractivity (Wildman–Crippen MR) is 95.9 cm³/mol. The number of carbonyl (C=O) groups excluding carboxylic acids is 1. The summed E-state index contributed by atoms with van der Waals surface area (Å²) in [5.74, 6) is -0.374. The molecule has 6 heteroatoms. The van der Waals surface area contributed by atoms with Crippen LogP contribution in [0.15, 0.2) is 24.3 Å². The molecule has 0 unspecified atom stereocenters. The molecule has 25 heavy (non-hydrogen) atoms. The SMILES string of the molecule is CN1CCN(C(=O)CN2CCC[C@H](c3cccc(C(=O)O)c3)C2)CC1. The van der Waals surface area contributed by atoms with E-state index in [4.69, 9.17) is 0 Å². The Kier molecular flexibility index (Phi) is 5.71. The maximum atomic E-state index is 12.5. The second-order valence-corrected chi connectivity index (χ2v) is 7.19. The van der Waals surface area contributed by atoms with Crippen molar-refractivity contribution in [2.75, 3.05) is 52.9 Å².